The summed E-state index contributed by atoms with van der Waals surface area (Å²) in [6.45, 7) is 2.41. The number of allylic oxidation sites excluding steroid dienone is 1. The minimum Gasteiger partial charge on any atom is -0.303 e. The second kappa shape index (κ2) is 5.36. The van der Waals surface area contributed by atoms with Gasteiger partial charge in [-0.3, -0.25) is 0 Å². The molecule has 0 unspecified atom stereocenters. The van der Waals surface area contributed by atoms with Crippen molar-refractivity contribution in [3.05, 3.63) is 12.2 Å². The molecule has 11 heavy (non-hydrogen) atoms. The summed E-state index contributed by atoms with van der Waals surface area (Å²) in [5.41, 5.74) is 0. The molecule has 0 atom stereocenters. The summed E-state index contributed by atoms with van der Waals surface area (Å²) in [6.07, 6.45) is 11.5. The first-order chi connectivity index (χ1) is 5.39. The van der Waals surface area contributed by atoms with Gasteiger partial charge < -0.3 is 4.90 Å². The van der Waals surface area contributed by atoms with Crippen molar-refractivity contribution < 1.29 is 0 Å². The molecule has 0 fully saturated rings. The molecule has 0 aromatic rings. The minimum absolute atomic E-state index is 1.14. The van der Waals surface area contributed by atoms with Gasteiger partial charge in [0.2, 0.25) is 0 Å². The van der Waals surface area contributed by atoms with Crippen molar-refractivity contribution in [3.63, 3.8) is 0 Å². The van der Waals surface area contributed by atoms with E-state index in [0.29, 0.717) is 0 Å². The molecular formula is C10H19N. The van der Waals surface area contributed by atoms with E-state index in [1.165, 1.54) is 38.6 Å². The van der Waals surface area contributed by atoms with E-state index in [9.17, 15) is 0 Å². The van der Waals surface area contributed by atoms with Crippen LogP contribution < -0.4 is 0 Å². The molecule has 0 N–H and O–H groups in total. The summed E-state index contributed by atoms with van der Waals surface area (Å²) in [5, 5.41) is 0. The van der Waals surface area contributed by atoms with Crippen molar-refractivity contribution in [1.29, 1.82) is 0 Å². The SMILES string of the molecule is CN1C/C=C\CCCCCC1. The molecular weight excluding hydrogens is 134 g/mol. The van der Waals surface area contributed by atoms with Gasteiger partial charge >= 0.3 is 0 Å². The monoisotopic (exact) mass is 153 g/mol. The molecule has 1 heteroatoms. The molecule has 0 aliphatic carbocycles. The summed E-state index contributed by atoms with van der Waals surface area (Å²) in [4.78, 5) is 2.39. The number of likely N-dealkylation sites (N-methyl/N-ethyl adjacent to an activating group) is 1. The Hall–Kier alpha value is -0.300. The summed E-state index contributed by atoms with van der Waals surface area (Å²) >= 11 is 0. The van der Waals surface area contributed by atoms with Crippen LogP contribution in [0.15, 0.2) is 12.2 Å². The highest BCUT2D eigenvalue weighted by molar-refractivity contribution is 4.84. The van der Waals surface area contributed by atoms with Crippen molar-refractivity contribution in [2.24, 2.45) is 0 Å². The predicted octanol–water partition coefficient (Wildman–Crippen LogP) is 2.44. The first kappa shape index (κ1) is 8.79. The maximum Gasteiger partial charge on any atom is 0.0160 e. The fourth-order valence-electron chi connectivity index (χ4n) is 1.46. The third kappa shape index (κ3) is 4.20. The Balaban J connectivity index is 2.25. The predicted molar refractivity (Wildman–Crippen MR) is 49.7 cm³/mol. The van der Waals surface area contributed by atoms with Crippen LogP contribution in [0.25, 0.3) is 0 Å². The van der Waals surface area contributed by atoms with E-state index in [4.69, 9.17) is 0 Å². The third-order valence-electron chi connectivity index (χ3n) is 2.24. The molecule has 0 bridgehead atoms. The highest BCUT2D eigenvalue weighted by Crippen LogP contribution is 2.06. The van der Waals surface area contributed by atoms with Gasteiger partial charge in [-0.2, -0.15) is 0 Å². The van der Waals surface area contributed by atoms with Gasteiger partial charge in [-0.25, -0.2) is 0 Å². The Morgan fingerprint density at radius 3 is 2.73 bits per heavy atom. The molecule has 0 aromatic heterocycles. The number of rotatable bonds is 0. The van der Waals surface area contributed by atoms with Gasteiger partial charge in [0, 0.05) is 6.54 Å². The summed E-state index contributed by atoms with van der Waals surface area (Å²) in [6, 6.07) is 0. The third-order valence-corrected chi connectivity index (χ3v) is 2.24. The minimum atomic E-state index is 1.14. The van der Waals surface area contributed by atoms with Crippen LogP contribution in [-0.4, -0.2) is 25.0 Å². The van der Waals surface area contributed by atoms with Gasteiger partial charge in [0.1, 0.15) is 0 Å². The zero-order valence-corrected chi connectivity index (χ0v) is 7.55. The fraction of sp³-hybridized carbons (Fsp3) is 0.800. The second-order valence-electron chi connectivity index (χ2n) is 3.44. The molecule has 64 valence electrons. The van der Waals surface area contributed by atoms with Gasteiger partial charge in [0.05, 0.1) is 0 Å². The Morgan fingerprint density at radius 2 is 1.82 bits per heavy atom. The molecule has 0 spiro atoms. The molecule has 0 saturated heterocycles. The molecule has 1 aliphatic heterocycles. The molecule has 0 aromatic carbocycles. The molecule has 1 rings (SSSR count). The number of hydrogen-bond acceptors (Lipinski definition) is 1. The topological polar surface area (TPSA) is 3.24 Å². The maximum atomic E-state index is 2.39. The van der Waals surface area contributed by atoms with E-state index < -0.39 is 0 Å². The first-order valence-corrected chi connectivity index (χ1v) is 4.73. The van der Waals surface area contributed by atoms with Crippen molar-refractivity contribution in [1.82, 2.24) is 4.90 Å². The van der Waals surface area contributed by atoms with E-state index in [1.54, 1.807) is 0 Å². The van der Waals surface area contributed by atoms with E-state index in [2.05, 4.69) is 24.1 Å². The lowest BCUT2D eigenvalue weighted by molar-refractivity contribution is 0.354. The number of hydrogen-bond donors (Lipinski definition) is 0. The standard InChI is InChI=1S/C10H19N/c1-11-9-7-5-3-2-4-6-8-10-11/h5,7H,2-4,6,8-10H2,1H3/b7-5-. The normalized spacial score (nSPS) is 26.3. The van der Waals surface area contributed by atoms with Gasteiger partial charge in [-0.05, 0) is 32.9 Å². The van der Waals surface area contributed by atoms with Crippen LogP contribution in [0.2, 0.25) is 0 Å². The van der Waals surface area contributed by atoms with Crippen molar-refractivity contribution >= 4 is 0 Å². The van der Waals surface area contributed by atoms with Gasteiger partial charge in [0.25, 0.3) is 0 Å². The molecule has 1 aliphatic rings. The summed E-state index contributed by atoms with van der Waals surface area (Å²) in [5.74, 6) is 0. The van der Waals surface area contributed by atoms with Crippen LogP contribution in [0, 0.1) is 0 Å². The zero-order valence-electron chi connectivity index (χ0n) is 7.55. The van der Waals surface area contributed by atoms with Crippen LogP contribution in [0.1, 0.15) is 32.1 Å². The summed E-state index contributed by atoms with van der Waals surface area (Å²) in [7, 11) is 2.20. The second-order valence-corrected chi connectivity index (χ2v) is 3.44. The van der Waals surface area contributed by atoms with Crippen LogP contribution in [0.5, 0.6) is 0 Å². The van der Waals surface area contributed by atoms with Crippen LogP contribution >= 0.6 is 0 Å². The lowest BCUT2D eigenvalue weighted by Crippen LogP contribution is -2.19. The first-order valence-electron chi connectivity index (χ1n) is 4.73. The van der Waals surface area contributed by atoms with Crippen LogP contribution in [0.3, 0.4) is 0 Å². The molecule has 0 saturated carbocycles. The Bertz CT molecular complexity index is 118. The highest BCUT2D eigenvalue weighted by Gasteiger charge is 1.96. The van der Waals surface area contributed by atoms with Crippen molar-refractivity contribution in [2.45, 2.75) is 32.1 Å². The average molecular weight is 153 g/mol. The Labute approximate surface area is 70.1 Å². The van der Waals surface area contributed by atoms with Crippen LogP contribution in [0.4, 0.5) is 0 Å². The Morgan fingerprint density at radius 1 is 1.00 bits per heavy atom. The summed E-state index contributed by atoms with van der Waals surface area (Å²) < 4.78 is 0. The van der Waals surface area contributed by atoms with Crippen molar-refractivity contribution in [2.75, 3.05) is 20.1 Å². The zero-order chi connectivity index (χ0) is 7.94. The van der Waals surface area contributed by atoms with E-state index >= 15 is 0 Å². The fourth-order valence-corrected chi connectivity index (χ4v) is 1.46. The van der Waals surface area contributed by atoms with Crippen LogP contribution in [-0.2, 0) is 0 Å². The quantitative estimate of drug-likeness (QED) is 0.483. The van der Waals surface area contributed by atoms with Gasteiger partial charge in [-0.15, -0.1) is 0 Å². The average Bonchev–Trinajstić information content (AvgIpc) is 2.03. The highest BCUT2D eigenvalue weighted by atomic mass is 15.1. The molecule has 1 heterocycles. The lowest BCUT2D eigenvalue weighted by Gasteiger charge is -2.14. The van der Waals surface area contributed by atoms with E-state index in [1.807, 2.05) is 0 Å². The van der Waals surface area contributed by atoms with Crippen molar-refractivity contribution in [3.8, 4) is 0 Å². The van der Waals surface area contributed by atoms with Gasteiger partial charge in [0.15, 0.2) is 0 Å². The number of nitrogens with zero attached hydrogens (tertiary/aromatic N) is 1. The molecule has 0 amide bonds. The van der Waals surface area contributed by atoms with E-state index in [0.717, 1.165) is 6.54 Å². The van der Waals surface area contributed by atoms with E-state index in [-0.39, 0.29) is 0 Å². The van der Waals surface area contributed by atoms with Gasteiger partial charge in [-0.1, -0.05) is 25.0 Å². The molecule has 1 nitrogen and oxygen atoms in total. The maximum absolute atomic E-state index is 2.39. The smallest absolute Gasteiger partial charge is 0.0160 e. The lowest BCUT2D eigenvalue weighted by atomic mass is 10.1. The largest absolute Gasteiger partial charge is 0.303 e. The molecule has 0 radical (unpaired) electrons. The Kier molecular flexibility index (Phi) is 4.29.